The highest BCUT2D eigenvalue weighted by molar-refractivity contribution is 9.10. The lowest BCUT2D eigenvalue weighted by atomic mass is 10.0. The van der Waals surface area contributed by atoms with E-state index in [4.69, 9.17) is 4.42 Å². The SMILES string of the molecule is CCNC(C)c1cc(Br)ccc1N(C)Cc1ccoc1. The first kappa shape index (κ1) is 15.1. The fraction of sp³-hybridized carbons (Fsp3) is 0.375. The van der Waals surface area contributed by atoms with Crippen LogP contribution in [0, 0.1) is 0 Å². The summed E-state index contributed by atoms with van der Waals surface area (Å²) in [7, 11) is 2.11. The molecule has 0 saturated carbocycles. The number of anilines is 1. The Bertz CT molecular complexity index is 539. The molecule has 4 heteroatoms. The van der Waals surface area contributed by atoms with Crippen molar-refractivity contribution in [2.75, 3.05) is 18.5 Å². The van der Waals surface area contributed by atoms with E-state index in [0.717, 1.165) is 17.6 Å². The molecule has 1 aromatic heterocycles. The molecular weight excluding hydrogens is 316 g/mol. The molecule has 1 aromatic carbocycles. The van der Waals surface area contributed by atoms with Gasteiger partial charge in [0.15, 0.2) is 0 Å². The van der Waals surface area contributed by atoms with Gasteiger partial charge in [-0.1, -0.05) is 22.9 Å². The van der Waals surface area contributed by atoms with Crippen LogP contribution in [0.25, 0.3) is 0 Å². The Morgan fingerprint density at radius 2 is 2.15 bits per heavy atom. The number of hydrogen-bond acceptors (Lipinski definition) is 3. The number of benzene rings is 1. The third kappa shape index (κ3) is 3.64. The van der Waals surface area contributed by atoms with E-state index in [1.165, 1.54) is 16.8 Å². The Kier molecular flexibility index (Phi) is 5.26. The molecule has 0 fully saturated rings. The maximum absolute atomic E-state index is 5.14. The Balaban J connectivity index is 2.25. The van der Waals surface area contributed by atoms with Gasteiger partial charge in [0.25, 0.3) is 0 Å². The van der Waals surface area contributed by atoms with Gasteiger partial charge in [-0.3, -0.25) is 0 Å². The van der Waals surface area contributed by atoms with E-state index in [2.05, 4.69) is 65.2 Å². The molecule has 20 heavy (non-hydrogen) atoms. The Hall–Kier alpha value is -1.26. The fourth-order valence-corrected chi connectivity index (χ4v) is 2.76. The van der Waals surface area contributed by atoms with Gasteiger partial charge in [-0.25, -0.2) is 0 Å². The van der Waals surface area contributed by atoms with Gasteiger partial charge in [-0.2, -0.15) is 0 Å². The summed E-state index contributed by atoms with van der Waals surface area (Å²) in [5.74, 6) is 0. The van der Waals surface area contributed by atoms with Crippen LogP contribution >= 0.6 is 15.9 Å². The minimum absolute atomic E-state index is 0.319. The third-order valence-electron chi connectivity index (χ3n) is 3.38. The molecule has 3 nitrogen and oxygen atoms in total. The lowest BCUT2D eigenvalue weighted by Crippen LogP contribution is -2.23. The zero-order chi connectivity index (χ0) is 14.5. The van der Waals surface area contributed by atoms with E-state index in [1.807, 2.05) is 6.07 Å². The number of nitrogens with zero attached hydrogens (tertiary/aromatic N) is 1. The number of rotatable bonds is 6. The predicted molar refractivity (Wildman–Crippen MR) is 87.0 cm³/mol. The van der Waals surface area contributed by atoms with Crippen LogP contribution in [0.15, 0.2) is 45.7 Å². The molecular formula is C16H21BrN2O. The van der Waals surface area contributed by atoms with Gasteiger partial charge in [0.1, 0.15) is 0 Å². The summed E-state index contributed by atoms with van der Waals surface area (Å²) in [5, 5.41) is 3.48. The van der Waals surface area contributed by atoms with Crippen LogP contribution in [-0.4, -0.2) is 13.6 Å². The normalized spacial score (nSPS) is 12.4. The van der Waals surface area contributed by atoms with Crippen molar-refractivity contribution in [3.8, 4) is 0 Å². The first-order valence-corrected chi connectivity index (χ1v) is 7.66. The lowest BCUT2D eigenvalue weighted by molar-refractivity contribution is 0.563. The van der Waals surface area contributed by atoms with Crippen LogP contribution in [0.4, 0.5) is 5.69 Å². The van der Waals surface area contributed by atoms with E-state index in [9.17, 15) is 0 Å². The van der Waals surface area contributed by atoms with E-state index in [-0.39, 0.29) is 0 Å². The van der Waals surface area contributed by atoms with Crippen molar-refractivity contribution in [1.82, 2.24) is 5.32 Å². The zero-order valence-electron chi connectivity index (χ0n) is 12.2. The average Bonchev–Trinajstić information content (AvgIpc) is 2.91. The second kappa shape index (κ2) is 6.95. The van der Waals surface area contributed by atoms with Crippen molar-refractivity contribution in [2.45, 2.75) is 26.4 Å². The maximum Gasteiger partial charge on any atom is 0.0952 e. The van der Waals surface area contributed by atoms with Crippen LogP contribution < -0.4 is 10.2 Å². The molecule has 2 aromatic rings. The quantitative estimate of drug-likeness (QED) is 0.849. The molecule has 1 unspecified atom stereocenters. The minimum atomic E-state index is 0.319. The summed E-state index contributed by atoms with van der Waals surface area (Å²) in [5.41, 5.74) is 3.72. The topological polar surface area (TPSA) is 28.4 Å². The highest BCUT2D eigenvalue weighted by Gasteiger charge is 2.14. The molecule has 0 aliphatic heterocycles. The van der Waals surface area contributed by atoms with Gasteiger partial charge < -0.3 is 14.6 Å². The Morgan fingerprint density at radius 1 is 1.35 bits per heavy atom. The van der Waals surface area contributed by atoms with Crippen molar-refractivity contribution in [1.29, 1.82) is 0 Å². The van der Waals surface area contributed by atoms with Gasteiger partial charge in [0.05, 0.1) is 12.5 Å². The number of hydrogen-bond donors (Lipinski definition) is 1. The van der Waals surface area contributed by atoms with E-state index >= 15 is 0 Å². The largest absolute Gasteiger partial charge is 0.472 e. The van der Waals surface area contributed by atoms with Gasteiger partial charge in [-0.05, 0) is 43.3 Å². The number of halogens is 1. The molecule has 0 aliphatic rings. The van der Waals surface area contributed by atoms with Crippen LogP contribution in [0.5, 0.6) is 0 Å². The molecule has 0 bridgehead atoms. The van der Waals surface area contributed by atoms with Gasteiger partial charge >= 0.3 is 0 Å². The van der Waals surface area contributed by atoms with Gasteiger partial charge in [0, 0.05) is 35.4 Å². The average molecular weight is 337 g/mol. The number of furan rings is 1. The van der Waals surface area contributed by atoms with Crippen molar-refractivity contribution < 1.29 is 4.42 Å². The Labute approximate surface area is 129 Å². The molecule has 1 heterocycles. The van der Waals surface area contributed by atoms with Crippen LogP contribution in [0.2, 0.25) is 0 Å². The zero-order valence-corrected chi connectivity index (χ0v) is 13.8. The monoisotopic (exact) mass is 336 g/mol. The highest BCUT2D eigenvalue weighted by atomic mass is 79.9. The summed E-state index contributed by atoms with van der Waals surface area (Å²) < 4.78 is 6.25. The first-order valence-electron chi connectivity index (χ1n) is 6.87. The van der Waals surface area contributed by atoms with Crippen LogP contribution in [0.3, 0.4) is 0 Å². The summed E-state index contributed by atoms with van der Waals surface area (Å²) in [6, 6.07) is 8.76. The van der Waals surface area contributed by atoms with Crippen molar-refractivity contribution in [3.63, 3.8) is 0 Å². The van der Waals surface area contributed by atoms with E-state index < -0.39 is 0 Å². The fourth-order valence-electron chi connectivity index (χ4n) is 2.38. The first-order chi connectivity index (χ1) is 9.61. The molecule has 0 spiro atoms. The van der Waals surface area contributed by atoms with Crippen molar-refractivity contribution in [2.24, 2.45) is 0 Å². The predicted octanol–water partition coefficient (Wildman–Crippen LogP) is 4.35. The Morgan fingerprint density at radius 3 is 2.80 bits per heavy atom. The number of nitrogens with one attached hydrogen (secondary N) is 1. The lowest BCUT2D eigenvalue weighted by Gasteiger charge is -2.25. The maximum atomic E-state index is 5.14. The summed E-state index contributed by atoms with van der Waals surface area (Å²) in [6.07, 6.45) is 3.51. The minimum Gasteiger partial charge on any atom is -0.472 e. The molecule has 1 N–H and O–H groups in total. The molecule has 0 radical (unpaired) electrons. The molecule has 0 saturated heterocycles. The summed E-state index contributed by atoms with van der Waals surface area (Å²) >= 11 is 3.56. The summed E-state index contributed by atoms with van der Waals surface area (Å²) in [6.45, 7) is 6.12. The smallest absolute Gasteiger partial charge is 0.0952 e. The molecule has 1 atom stereocenters. The third-order valence-corrected chi connectivity index (χ3v) is 3.87. The highest BCUT2D eigenvalue weighted by Crippen LogP contribution is 2.29. The molecule has 0 aliphatic carbocycles. The molecule has 0 amide bonds. The standard InChI is InChI=1S/C16H21BrN2O/c1-4-18-12(2)15-9-14(17)5-6-16(15)19(3)10-13-7-8-20-11-13/h5-9,11-12,18H,4,10H2,1-3H3. The van der Waals surface area contributed by atoms with Crippen molar-refractivity contribution in [3.05, 3.63) is 52.4 Å². The van der Waals surface area contributed by atoms with E-state index in [0.29, 0.717) is 6.04 Å². The van der Waals surface area contributed by atoms with E-state index in [1.54, 1.807) is 12.5 Å². The summed E-state index contributed by atoms with van der Waals surface area (Å²) in [4.78, 5) is 2.25. The van der Waals surface area contributed by atoms with Gasteiger partial charge in [-0.15, -0.1) is 0 Å². The molecule has 2 rings (SSSR count). The second-order valence-electron chi connectivity index (χ2n) is 4.97. The van der Waals surface area contributed by atoms with Crippen LogP contribution in [-0.2, 0) is 6.54 Å². The van der Waals surface area contributed by atoms with Gasteiger partial charge in [0.2, 0.25) is 0 Å². The molecule has 108 valence electrons. The van der Waals surface area contributed by atoms with Crippen molar-refractivity contribution >= 4 is 21.6 Å². The second-order valence-corrected chi connectivity index (χ2v) is 5.89. The van der Waals surface area contributed by atoms with Crippen LogP contribution in [0.1, 0.15) is 31.0 Å².